The molecular weight excluding hydrogens is 585 g/mol. The second kappa shape index (κ2) is 14.1. The summed E-state index contributed by atoms with van der Waals surface area (Å²) >= 11 is 12.7. The van der Waals surface area contributed by atoms with E-state index in [1.807, 2.05) is 20.8 Å². The van der Waals surface area contributed by atoms with Gasteiger partial charge in [-0.1, -0.05) is 60.0 Å². The van der Waals surface area contributed by atoms with Crippen molar-refractivity contribution in [1.29, 1.82) is 0 Å². The maximum atomic E-state index is 14.1. The number of benzene rings is 3. The number of hydrogen-bond acceptors (Lipinski definition) is 5. The second-order valence-corrected chi connectivity index (χ2v) is 12.6. The predicted molar refractivity (Wildman–Crippen MR) is 163 cm³/mol. The lowest BCUT2D eigenvalue weighted by Crippen LogP contribution is -2.53. The molecule has 11 heteroatoms. The number of carbonyl (C=O) groups is 2. The minimum absolute atomic E-state index is 0.0155. The Kier molecular flexibility index (Phi) is 11.1. The Balaban J connectivity index is 2.10. The molecule has 2 amide bonds. The third-order valence-electron chi connectivity index (χ3n) is 6.39. The number of ether oxygens (including phenoxy) is 1. The monoisotopic (exact) mass is 619 g/mol. The molecule has 1 N–H and O–H groups in total. The van der Waals surface area contributed by atoms with E-state index in [0.29, 0.717) is 12.2 Å². The van der Waals surface area contributed by atoms with Crippen molar-refractivity contribution in [2.45, 2.75) is 57.6 Å². The van der Waals surface area contributed by atoms with E-state index in [1.165, 1.54) is 35.2 Å². The zero-order valence-corrected chi connectivity index (χ0v) is 26.1. The first-order chi connectivity index (χ1) is 19.4. The van der Waals surface area contributed by atoms with Crippen molar-refractivity contribution in [3.8, 4) is 5.75 Å². The summed E-state index contributed by atoms with van der Waals surface area (Å²) in [5, 5.41) is 3.22. The number of nitrogens with zero attached hydrogens (tertiary/aromatic N) is 2. The van der Waals surface area contributed by atoms with Crippen LogP contribution < -0.4 is 14.4 Å². The molecule has 3 aromatic carbocycles. The predicted octanol–water partition coefficient (Wildman–Crippen LogP) is 5.84. The highest BCUT2D eigenvalue weighted by Gasteiger charge is 2.34. The molecule has 0 aromatic heterocycles. The van der Waals surface area contributed by atoms with Gasteiger partial charge in [-0.2, -0.15) is 0 Å². The number of carbonyl (C=O) groups excluding carboxylic acids is 2. The molecule has 0 aliphatic carbocycles. The molecule has 0 saturated carbocycles. The van der Waals surface area contributed by atoms with E-state index < -0.39 is 28.5 Å². The molecule has 0 aliphatic rings. The van der Waals surface area contributed by atoms with Crippen LogP contribution >= 0.6 is 23.2 Å². The number of nitrogens with one attached hydrogen (secondary N) is 1. The Bertz CT molecular complexity index is 1460. The molecular formula is C30H35Cl2N3O5S. The molecule has 220 valence electrons. The molecule has 0 aliphatic heterocycles. The first-order valence-electron chi connectivity index (χ1n) is 13.1. The summed E-state index contributed by atoms with van der Waals surface area (Å²) in [6.07, 6.45) is 0.309. The lowest BCUT2D eigenvalue weighted by atomic mass is 10.1. The number of amides is 2. The van der Waals surface area contributed by atoms with Crippen LogP contribution in [0.2, 0.25) is 10.0 Å². The van der Waals surface area contributed by atoms with Crippen LogP contribution in [0.15, 0.2) is 71.6 Å². The highest BCUT2D eigenvalue weighted by molar-refractivity contribution is 7.92. The average molecular weight is 621 g/mol. The Hall–Kier alpha value is -3.27. The molecule has 3 rings (SSSR count). The number of hydrogen-bond donors (Lipinski definition) is 1. The molecule has 0 bridgehead atoms. The molecule has 0 saturated heterocycles. The third kappa shape index (κ3) is 8.15. The third-order valence-corrected chi connectivity index (χ3v) is 8.72. The van der Waals surface area contributed by atoms with Crippen LogP contribution in [0.25, 0.3) is 0 Å². The van der Waals surface area contributed by atoms with Crippen LogP contribution in [0, 0.1) is 6.92 Å². The molecule has 8 nitrogen and oxygen atoms in total. The molecule has 0 spiro atoms. The van der Waals surface area contributed by atoms with Gasteiger partial charge in [-0.05, 0) is 75.2 Å². The van der Waals surface area contributed by atoms with Crippen molar-refractivity contribution in [2.75, 3.05) is 18.0 Å². The molecule has 3 aromatic rings. The first kappa shape index (κ1) is 32.2. The zero-order valence-electron chi connectivity index (χ0n) is 23.7. The Morgan fingerprint density at radius 1 is 0.976 bits per heavy atom. The lowest BCUT2D eigenvalue weighted by molar-refractivity contribution is -0.140. The maximum Gasteiger partial charge on any atom is 0.264 e. The topological polar surface area (TPSA) is 96.0 Å². The van der Waals surface area contributed by atoms with Gasteiger partial charge in [-0.3, -0.25) is 13.9 Å². The van der Waals surface area contributed by atoms with Crippen LogP contribution in [0.3, 0.4) is 0 Å². The van der Waals surface area contributed by atoms with Gasteiger partial charge in [0.1, 0.15) is 18.3 Å². The van der Waals surface area contributed by atoms with Gasteiger partial charge in [0.25, 0.3) is 10.0 Å². The molecule has 0 fully saturated rings. The largest absolute Gasteiger partial charge is 0.497 e. The highest BCUT2D eigenvalue weighted by atomic mass is 35.5. The van der Waals surface area contributed by atoms with Gasteiger partial charge in [-0.15, -0.1) is 0 Å². The van der Waals surface area contributed by atoms with Crippen LogP contribution in [0.5, 0.6) is 5.75 Å². The highest BCUT2D eigenvalue weighted by Crippen LogP contribution is 2.33. The van der Waals surface area contributed by atoms with E-state index >= 15 is 0 Å². The van der Waals surface area contributed by atoms with Crippen LogP contribution in [-0.2, 0) is 26.2 Å². The normalized spacial score (nSPS) is 12.1. The van der Waals surface area contributed by atoms with Crippen LogP contribution in [0.4, 0.5) is 5.69 Å². The average Bonchev–Trinajstić information content (AvgIpc) is 2.93. The van der Waals surface area contributed by atoms with Crippen molar-refractivity contribution in [1.82, 2.24) is 10.2 Å². The maximum absolute atomic E-state index is 14.1. The second-order valence-electron chi connectivity index (χ2n) is 9.88. The number of methoxy groups -OCH3 is 1. The van der Waals surface area contributed by atoms with Gasteiger partial charge in [0.05, 0.1) is 22.7 Å². The summed E-state index contributed by atoms with van der Waals surface area (Å²) in [6, 6.07) is 16.8. The van der Waals surface area contributed by atoms with Crippen molar-refractivity contribution in [3.05, 3.63) is 87.9 Å². The van der Waals surface area contributed by atoms with Gasteiger partial charge in [0.2, 0.25) is 11.8 Å². The quantitative estimate of drug-likeness (QED) is 0.275. The van der Waals surface area contributed by atoms with Gasteiger partial charge < -0.3 is 15.0 Å². The number of aryl methyl sites for hydroxylation is 1. The lowest BCUT2D eigenvalue weighted by Gasteiger charge is -2.33. The van der Waals surface area contributed by atoms with E-state index in [9.17, 15) is 18.0 Å². The SMILES string of the molecule is CC[C@H](C(=O)NC(C)C)N(Cc1ccc(OC)cc1)C(=O)CN(c1cc(Cl)ccc1Cl)S(=O)(=O)c1ccc(C)cc1. The zero-order chi connectivity index (χ0) is 30.3. The number of halogens is 2. The number of anilines is 1. The summed E-state index contributed by atoms with van der Waals surface area (Å²) in [4.78, 5) is 28.7. The summed E-state index contributed by atoms with van der Waals surface area (Å²) in [5.74, 6) is -0.279. The molecule has 0 heterocycles. The van der Waals surface area contributed by atoms with Crippen LogP contribution in [-0.4, -0.2) is 50.9 Å². The standard InChI is InChI=1S/C30H35Cl2N3O5S/c1-6-27(30(37)33-20(2)3)34(18-22-9-12-24(40-5)13-10-22)29(36)19-35(28-17-23(31)11-16-26(28)32)41(38,39)25-14-7-21(4)8-15-25/h7-17,20,27H,6,18-19H2,1-5H3,(H,33,37)/t27-/m1/s1. The van der Waals surface area contributed by atoms with E-state index in [1.54, 1.807) is 50.4 Å². The Labute approximate surface area is 252 Å². The van der Waals surface area contributed by atoms with Crippen molar-refractivity contribution >= 4 is 50.7 Å². The molecule has 0 unspecified atom stereocenters. The number of rotatable bonds is 12. The summed E-state index contributed by atoms with van der Waals surface area (Å²) in [7, 11) is -2.71. The summed E-state index contributed by atoms with van der Waals surface area (Å²) in [5.41, 5.74) is 1.67. The van der Waals surface area contributed by atoms with Crippen LogP contribution in [0.1, 0.15) is 38.3 Å². The fourth-order valence-electron chi connectivity index (χ4n) is 4.26. The smallest absolute Gasteiger partial charge is 0.264 e. The van der Waals surface area contributed by atoms with Gasteiger partial charge >= 0.3 is 0 Å². The van der Waals surface area contributed by atoms with Crippen molar-refractivity contribution in [2.24, 2.45) is 0 Å². The Morgan fingerprint density at radius 3 is 2.17 bits per heavy atom. The fourth-order valence-corrected chi connectivity index (χ4v) is 6.12. The summed E-state index contributed by atoms with van der Waals surface area (Å²) < 4.78 is 34.1. The van der Waals surface area contributed by atoms with E-state index in [-0.39, 0.29) is 39.1 Å². The van der Waals surface area contributed by atoms with E-state index in [4.69, 9.17) is 27.9 Å². The van der Waals surface area contributed by atoms with Crippen molar-refractivity contribution < 1.29 is 22.7 Å². The molecule has 0 radical (unpaired) electrons. The van der Waals surface area contributed by atoms with Gasteiger partial charge in [-0.25, -0.2) is 8.42 Å². The Morgan fingerprint density at radius 2 is 1.61 bits per heavy atom. The van der Waals surface area contributed by atoms with E-state index in [2.05, 4.69) is 5.32 Å². The minimum Gasteiger partial charge on any atom is -0.497 e. The first-order valence-corrected chi connectivity index (χ1v) is 15.3. The minimum atomic E-state index is -4.27. The van der Waals surface area contributed by atoms with E-state index in [0.717, 1.165) is 15.4 Å². The van der Waals surface area contributed by atoms with Gasteiger partial charge in [0.15, 0.2) is 0 Å². The molecule has 41 heavy (non-hydrogen) atoms. The number of sulfonamides is 1. The molecule has 1 atom stereocenters. The van der Waals surface area contributed by atoms with Gasteiger partial charge in [0, 0.05) is 17.6 Å². The van der Waals surface area contributed by atoms with Crippen molar-refractivity contribution in [3.63, 3.8) is 0 Å². The fraction of sp³-hybridized carbons (Fsp3) is 0.333. The summed E-state index contributed by atoms with van der Waals surface area (Å²) in [6.45, 7) is 6.75.